The van der Waals surface area contributed by atoms with Crippen LogP contribution >= 0.6 is 11.8 Å². The zero-order valence-corrected chi connectivity index (χ0v) is 35.4. The van der Waals surface area contributed by atoms with Crippen LogP contribution in [0.15, 0.2) is 72.0 Å². The maximum absolute atomic E-state index is 13.3. The number of anilines is 1. The van der Waals surface area contributed by atoms with E-state index in [0.29, 0.717) is 36.6 Å². The molecule has 0 saturated carbocycles. The van der Waals surface area contributed by atoms with E-state index in [1.807, 2.05) is 41.3 Å². The van der Waals surface area contributed by atoms with Gasteiger partial charge in [-0.05, 0) is 104 Å². The number of pyridine rings is 2. The lowest BCUT2D eigenvalue weighted by molar-refractivity contribution is -0.137. The molecule has 2 aromatic heterocycles. The van der Waals surface area contributed by atoms with Crippen molar-refractivity contribution in [3.63, 3.8) is 0 Å². The highest BCUT2D eigenvalue weighted by Crippen LogP contribution is 2.31. The van der Waals surface area contributed by atoms with Gasteiger partial charge in [0.25, 0.3) is 11.8 Å². The number of imide groups is 1. The molecular weight excluding hydrogens is 777 g/mol. The third-order valence-corrected chi connectivity index (χ3v) is 13.3. The number of benzene rings is 1. The molecule has 0 aliphatic carbocycles. The minimum Gasteiger partial charge on any atom is -0.354 e. The molecule has 7 rings (SSSR count). The Hall–Kier alpha value is -5.08. The maximum Gasteiger partial charge on any atom is 0.255 e. The minimum absolute atomic E-state index is 0.0674. The second-order valence-corrected chi connectivity index (χ2v) is 17.5. The van der Waals surface area contributed by atoms with Gasteiger partial charge in [-0.2, -0.15) is 0 Å². The number of rotatable bonds is 18. The van der Waals surface area contributed by atoms with Crippen LogP contribution in [0.1, 0.15) is 102 Å². The number of piperazine rings is 1. The summed E-state index contributed by atoms with van der Waals surface area (Å²) in [7, 11) is 0. The first kappa shape index (κ1) is 43.0. The second kappa shape index (κ2) is 21.4. The van der Waals surface area contributed by atoms with Gasteiger partial charge in [-0.3, -0.25) is 39.2 Å². The summed E-state index contributed by atoms with van der Waals surface area (Å²) >= 11 is 1.78. The zero-order valence-electron chi connectivity index (χ0n) is 34.6. The SMILES string of the molecule is O=C(/C=C/c1cccnc1)NCCCCC1CCN(C(=O)c2ccc(N3CCN(CCCCCCSc4ccc5c(c4)C(=O)N(C4CCC(=O)NC4=O)C5)CC3)nc2)CC1. The molecule has 3 aromatic rings. The quantitative estimate of drug-likeness (QED) is 0.0723. The van der Waals surface area contributed by atoms with Crippen molar-refractivity contribution >= 4 is 53.2 Å². The Kier molecular flexibility index (Phi) is 15.4. The Labute approximate surface area is 357 Å². The predicted octanol–water partition coefficient (Wildman–Crippen LogP) is 5.56. The average Bonchev–Trinajstić information content (AvgIpc) is 3.60. The molecule has 1 unspecified atom stereocenters. The molecule has 60 heavy (non-hydrogen) atoms. The van der Waals surface area contributed by atoms with Gasteiger partial charge in [0.1, 0.15) is 11.9 Å². The monoisotopic (exact) mass is 834 g/mol. The Morgan fingerprint density at radius 3 is 2.48 bits per heavy atom. The summed E-state index contributed by atoms with van der Waals surface area (Å²) in [5, 5.41) is 5.32. The molecule has 4 aliphatic rings. The van der Waals surface area contributed by atoms with Crippen molar-refractivity contribution in [2.75, 3.05) is 63.0 Å². The van der Waals surface area contributed by atoms with Crippen molar-refractivity contribution < 1.29 is 24.0 Å². The van der Waals surface area contributed by atoms with Crippen LogP contribution in [0.4, 0.5) is 5.82 Å². The first-order chi connectivity index (χ1) is 29.3. The molecule has 0 radical (unpaired) electrons. The fourth-order valence-electron chi connectivity index (χ4n) is 8.59. The standard InChI is InChI=1S/C46H58N8O5S/c55-42(16-10-35-9-7-20-47-31-35)48-21-4-3-8-34-18-23-53(24-19-34)45(58)36-12-15-41(49-32-36)52-27-25-51(26-28-52)22-5-1-2-6-29-60-38-13-11-37-33-54(46(59)39(37)30-38)40-14-17-43(56)50-44(40)57/h7,9-13,15-16,20,30-32,34,40H,1-6,8,14,17-19,21-29,33H2,(H,48,55)(H,50,56,57)/b16-10+. The van der Waals surface area contributed by atoms with E-state index in [1.165, 1.54) is 19.3 Å². The van der Waals surface area contributed by atoms with E-state index >= 15 is 0 Å². The van der Waals surface area contributed by atoms with Gasteiger partial charge >= 0.3 is 0 Å². The Balaban J connectivity index is 0.714. The van der Waals surface area contributed by atoms with E-state index in [-0.39, 0.29) is 36.0 Å². The van der Waals surface area contributed by atoms with Gasteiger partial charge in [-0.15, -0.1) is 11.8 Å². The van der Waals surface area contributed by atoms with Gasteiger partial charge in [0.15, 0.2) is 0 Å². The third-order valence-electron chi connectivity index (χ3n) is 12.2. The number of carbonyl (C=O) groups excluding carboxylic acids is 5. The van der Waals surface area contributed by atoms with Crippen LogP contribution in [-0.2, 0) is 20.9 Å². The average molecular weight is 835 g/mol. The number of aromatic nitrogens is 2. The van der Waals surface area contributed by atoms with Gasteiger partial charge in [-0.1, -0.05) is 37.8 Å². The number of nitrogens with one attached hydrogen (secondary N) is 2. The summed E-state index contributed by atoms with van der Waals surface area (Å²) in [4.78, 5) is 80.7. The van der Waals surface area contributed by atoms with Gasteiger partial charge < -0.3 is 20.0 Å². The molecule has 1 aromatic carbocycles. The lowest BCUT2D eigenvalue weighted by Gasteiger charge is -2.35. The zero-order chi connectivity index (χ0) is 41.7. The highest BCUT2D eigenvalue weighted by molar-refractivity contribution is 7.99. The van der Waals surface area contributed by atoms with Crippen molar-refractivity contribution in [3.8, 4) is 0 Å². The fourth-order valence-corrected chi connectivity index (χ4v) is 9.54. The molecule has 3 fully saturated rings. The van der Waals surface area contributed by atoms with Crippen molar-refractivity contribution in [2.45, 2.75) is 88.1 Å². The van der Waals surface area contributed by atoms with Gasteiger partial charge in [0.2, 0.25) is 17.7 Å². The Morgan fingerprint density at radius 1 is 0.883 bits per heavy atom. The molecule has 3 saturated heterocycles. The minimum atomic E-state index is -0.582. The summed E-state index contributed by atoms with van der Waals surface area (Å²) in [5.41, 5.74) is 3.17. The lowest BCUT2D eigenvalue weighted by atomic mass is 9.91. The number of nitrogens with zero attached hydrogens (tertiary/aromatic N) is 6. The topological polar surface area (TPSA) is 148 Å². The normalized spacial score (nSPS) is 18.9. The second-order valence-electron chi connectivity index (χ2n) is 16.4. The van der Waals surface area contributed by atoms with Gasteiger partial charge in [-0.25, -0.2) is 4.98 Å². The number of hydrogen-bond donors (Lipinski definition) is 2. The number of hydrogen-bond acceptors (Lipinski definition) is 10. The van der Waals surface area contributed by atoms with E-state index < -0.39 is 6.04 Å². The number of thioether (sulfide) groups is 1. The predicted molar refractivity (Wildman–Crippen MR) is 233 cm³/mol. The van der Waals surface area contributed by atoms with E-state index in [2.05, 4.69) is 31.5 Å². The van der Waals surface area contributed by atoms with Crippen LogP contribution in [0, 0.1) is 5.92 Å². The van der Waals surface area contributed by atoms with E-state index in [0.717, 1.165) is 112 Å². The molecule has 0 spiro atoms. The number of piperidine rings is 2. The highest BCUT2D eigenvalue weighted by Gasteiger charge is 2.39. The van der Waals surface area contributed by atoms with Crippen LogP contribution in [-0.4, -0.2) is 118 Å². The summed E-state index contributed by atoms with van der Waals surface area (Å²) in [6.45, 7) is 7.58. The first-order valence-electron chi connectivity index (χ1n) is 21.8. The lowest BCUT2D eigenvalue weighted by Crippen LogP contribution is -2.52. The number of unbranched alkanes of at least 4 members (excludes halogenated alkanes) is 4. The van der Waals surface area contributed by atoms with Crippen molar-refractivity contribution in [1.29, 1.82) is 0 Å². The molecule has 14 heteroatoms. The van der Waals surface area contributed by atoms with Gasteiger partial charge in [0.05, 0.1) is 5.56 Å². The van der Waals surface area contributed by atoms with Gasteiger partial charge in [0, 0.05) is 93.9 Å². The van der Waals surface area contributed by atoms with Crippen LogP contribution in [0.5, 0.6) is 0 Å². The molecule has 2 N–H and O–H groups in total. The van der Waals surface area contributed by atoms with Crippen molar-refractivity contribution in [2.24, 2.45) is 5.92 Å². The smallest absolute Gasteiger partial charge is 0.255 e. The fraction of sp³-hybridized carbons (Fsp3) is 0.500. The van der Waals surface area contributed by atoms with Crippen LogP contribution in [0.2, 0.25) is 0 Å². The Bertz CT molecular complexity index is 1980. The third kappa shape index (κ3) is 11.8. The molecule has 6 heterocycles. The number of amides is 5. The van der Waals surface area contributed by atoms with E-state index in [9.17, 15) is 24.0 Å². The van der Waals surface area contributed by atoms with Crippen LogP contribution in [0.3, 0.4) is 0 Å². The molecule has 5 amide bonds. The Morgan fingerprint density at radius 2 is 1.72 bits per heavy atom. The molecule has 4 aliphatic heterocycles. The molecule has 318 valence electrons. The largest absolute Gasteiger partial charge is 0.354 e. The van der Waals surface area contributed by atoms with Crippen LogP contribution < -0.4 is 15.5 Å². The number of carbonyl (C=O) groups is 5. The van der Waals surface area contributed by atoms with Crippen molar-refractivity contribution in [1.82, 2.24) is 35.3 Å². The van der Waals surface area contributed by atoms with E-state index in [4.69, 9.17) is 4.98 Å². The summed E-state index contributed by atoms with van der Waals surface area (Å²) in [6.07, 6.45) is 18.9. The molecule has 1 atom stereocenters. The highest BCUT2D eigenvalue weighted by atomic mass is 32.2. The molecular formula is C46H58N8O5S. The number of fused-ring (bicyclic) bond motifs is 1. The molecule has 0 bridgehead atoms. The maximum atomic E-state index is 13.3. The van der Waals surface area contributed by atoms with Crippen molar-refractivity contribution in [3.05, 3.63) is 89.4 Å². The van der Waals surface area contributed by atoms with E-state index in [1.54, 1.807) is 47.4 Å². The van der Waals surface area contributed by atoms with Crippen LogP contribution in [0.25, 0.3) is 6.08 Å². The summed E-state index contributed by atoms with van der Waals surface area (Å²) in [6, 6.07) is 13.1. The molecule has 13 nitrogen and oxygen atoms in total. The summed E-state index contributed by atoms with van der Waals surface area (Å²) < 4.78 is 0. The number of likely N-dealkylation sites (tertiary alicyclic amines) is 1. The summed E-state index contributed by atoms with van der Waals surface area (Å²) in [5.74, 6) is 1.75. The first-order valence-corrected chi connectivity index (χ1v) is 22.8.